The minimum atomic E-state index is -0.565. The zero-order valence-electron chi connectivity index (χ0n) is 16.3. The second-order valence-corrected chi connectivity index (χ2v) is 8.10. The Kier molecular flexibility index (Phi) is 10.4. The molecule has 143 valence electrons. The lowest BCUT2D eigenvalue weighted by Gasteiger charge is -2.35. The molecule has 1 fully saturated rings. The van der Waals surface area contributed by atoms with E-state index in [-0.39, 0.29) is 5.54 Å². The van der Waals surface area contributed by atoms with Crippen molar-refractivity contribution in [2.45, 2.75) is 116 Å². The molecular formula is C20H40NO3. The van der Waals surface area contributed by atoms with E-state index in [1.165, 1.54) is 50.0 Å². The number of nitrogens with zero attached hydrogens (tertiary/aromatic N) is 1. The van der Waals surface area contributed by atoms with Crippen molar-refractivity contribution in [3.63, 3.8) is 0 Å². The molecule has 1 aliphatic rings. The van der Waals surface area contributed by atoms with Crippen LogP contribution in [0, 0.1) is 0 Å². The number of ether oxygens (including phenoxy) is 1. The highest BCUT2D eigenvalue weighted by Gasteiger charge is 2.51. The zero-order chi connectivity index (χ0) is 17.9. The van der Waals surface area contributed by atoms with Gasteiger partial charge in [-0.2, -0.15) is 0 Å². The number of unbranched alkanes of at least 4 members (excludes halogenated alkanes) is 9. The summed E-state index contributed by atoms with van der Waals surface area (Å²) in [6.45, 7) is 6.98. The fourth-order valence-electron chi connectivity index (χ4n) is 3.77. The molecule has 0 aromatic carbocycles. The van der Waals surface area contributed by atoms with Gasteiger partial charge in [0.25, 0.3) is 0 Å². The van der Waals surface area contributed by atoms with E-state index in [0.717, 1.165) is 38.5 Å². The highest BCUT2D eigenvalue weighted by molar-refractivity contribution is 4.93. The van der Waals surface area contributed by atoms with E-state index in [1.54, 1.807) is 0 Å². The van der Waals surface area contributed by atoms with Crippen LogP contribution in [0.2, 0.25) is 0 Å². The Morgan fingerprint density at radius 3 is 1.79 bits per heavy atom. The van der Waals surface area contributed by atoms with E-state index < -0.39 is 5.72 Å². The number of hydroxylamine groups is 2. The summed E-state index contributed by atoms with van der Waals surface area (Å²) in [7, 11) is 0. The molecule has 0 saturated carbocycles. The minimum absolute atomic E-state index is 0.335. The molecule has 24 heavy (non-hydrogen) atoms. The maximum absolute atomic E-state index is 12.6. The topological polar surface area (TPSA) is 52.6 Å². The summed E-state index contributed by atoms with van der Waals surface area (Å²) in [6.07, 6.45) is 14.9. The third-order valence-electron chi connectivity index (χ3n) is 5.23. The van der Waals surface area contributed by atoms with E-state index in [2.05, 4.69) is 6.92 Å². The fourth-order valence-corrected chi connectivity index (χ4v) is 3.77. The van der Waals surface area contributed by atoms with Crippen LogP contribution in [0.15, 0.2) is 0 Å². The van der Waals surface area contributed by atoms with Gasteiger partial charge in [0.05, 0.1) is 12.1 Å². The SMILES string of the molecule is CCCC1(CCCCCCCCCCCCO)OCC(C)(C)N1[O]. The van der Waals surface area contributed by atoms with Crippen molar-refractivity contribution in [2.75, 3.05) is 13.2 Å². The lowest BCUT2D eigenvalue weighted by molar-refractivity contribution is -0.295. The molecule has 1 saturated heterocycles. The van der Waals surface area contributed by atoms with Crippen LogP contribution in [-0.2, 0) is 9.94 Å². The standard InChI is InChI=1S/C20H40NO3/c1-4-15-20(21(23)19(2,3)18-24-20)16-13-11-9-7-5-6-8-10-12-14-17-22/h22H,4-18H2,1-3H3. The molecule has 0 bridgehead atoms. The molecule has 4 nitrogen and oxygen atoms in total. The third-order valence-corrected chi connectivity index (χ3v) is 5.23. The highest BCUT2D eigenvalue weighted by atomic mass is 16.6. The molecule has 1 N–H and O–H groups in total. The number of rotatable bonds is 14. The van der Waals surface area contributed by atoms with E-state index in [4.69, 9.17) is 9.84 Å². The number of aliphatic hydroxyl groups excluding tert-OH is 1. The second kappa shape index (κ2) is 11.5. The summed E-state index contributed by atoms with van der Waals surface area (Å²) in [5, 5.41) is 22.6. The Hall–Kier alpha value is -0.160. The predicted molar refractivity (Wildman–Crippen MR) is 98.1 cm³/mol. The van der Waals surface area contributed by atoms with Crippen LogP contribution in [0.4, 0.5) is 0 Å². The molecule has 1 unspecified atom stereocenters. The van der Waals surface area contributed by atoms with Gasteiger partial charge >= 0.3 is 0 Å². The Balaban J connectivity index is 2.10. The van der Waals surface area contributed by atoms with Crippen molar-refractivity contribution >= 4 is 0 Å². The Morgan fingerprint density at radius 1 is 0.875 bits per heavy atom. The Labute approximate surface area is 149 Å². The van der Waals surface area contributed by atoms with Crippen LogP contribution < -0.4 is 0 Å². The van der Waals surface area contributed by atoms with Crippen LogP contribution in [0.1, 0.15) is 104 Å². The molecule has 1 rings (SSSR count). The van der Waals surface area contributed by atoms with Crippen molar-refractivity contribution in [2.24, 2.45) is 0 Å². The summed E-state index contributed by atoms with van der Waals surface area (Å²) in [5.41, 5.74) is -0.948. The van der Waals surface area contributed by atoms with Crippen LogP contribution in [0.25, 0.3) is 0 Å². The quantitative estimate of drug-likeness (QED) is 0.440. The fraction of sp³-hybridized carbons (Fsp3) is 1.00. The third kappa shape index (κ3) is 6.99. The monoisotopic (exact) mass is 342 g/mol. The average Bonchev–Trinajstić information content (AvgIpc) is 2.78. The smallest absolute Gasteiger partial charge is 0.147 e. The van der Waals surface area contributed by atoms with Gasteiger partial charge in [0.15, 0.2) is 0 Å². The molecule has 1 radical (unpaired) electrons. The molecule has 0 amide bonds. The van der Waals surface area contributed by atoms with Crippen LogP contribution in [0.3, 0.4) is 0 Å². The average molecular weight is 343 g/mol. The summed E-state index contributed by atoms with van der Waals surface area (Å²) >= 11 is 0. The van der Waals surface area contributed by atoms with Gasteiger partial charge < -0.3 is 9.84 Å². The maximum atomic E-state index is 12.6. The molecular weight excluding hydrogens is 302 g/mol. The predicted octanol–water partition coefficient (Wildman–Crippen LogP) is 5.22. The van der Waals surface area contributed by atoms with Gasteiger partial charge in [-0.05, 0) is 39.5 Å². The molecule has 1 heterocycles. The van der Waals surface area contributed by atoms with Gasteiger partial charge in [0.2, 0.25) is 0 Å². The molecule has 1 atom stereocenters. The molecule has 0 aliphatic carbocycles. The minimum Gasteiger partial charge on any atom is -0.396 e. The summed E-state index contributed by atoms with van der Waals surface area (Å²) < 4.78 is 6.00. The summed E-state index contributed by atoms with van der Waals surface area (Å²) in [5.74, 6) is 0. The van der Waals surface area contributed by atoms with Crippen LogP contribution in [0.5, 0.6) is 0 Å². The Bertz CT molecular complexity index is 322. The van der Waals surface area contributed by atoms with Crippen molar-refractivity contribution in [3.05, 3.63) is 0 Å². The Morgan fingerprint density at radius 2 is 1.38 bits per heavy atom. The van der Waals surface area contributed by atoms with Gasteiger partial charge in [-0.1, -0.05) is 64.7 Å². The number of hydrogen-bond acceptors (Lipinski definition) is 3. The first kappa shape index (κ1) is 21.9. The van der Waals surface area contributed by atoms with Crippen LogP contribution >= 0.6 is 0 Å². The van der Waals surface area contributed by atoms with Crippen molar-refractivity contribution in [1.29, 1.82) is 0 Å². The van der Waals surface area contributed by atoms with E-state index in [1.807, 2.05) is 13.8 Å². The molecule has 1 aliphatic heterocycles. The second-order valence-electron chi connectivity index (χ2n) is 8.10. The van der Waals surface area contributed by atoms with Gasteiger partial charge in [0.1, 0.15) is 5.72 Å². The molecule has 0 spiro atoms. The largest absolute Gasteiger partial charge is 0.396 e. The molecule has 0 aromatic heterocycles. The van der Waals surface area contributed by atoms with E-state index in [0.29, 0.717) is 13.2 Å². The molecule has 0 aromatic rings. The first-order valence-corrected chi connectivity index (χ1v) is 10.2. The van der Waals surface area contributed by atoms with Crippen molar-refractivity contribution in [3.8, 4) is 0 Å². The first-order valence-electron chi connectivity index (χ1n) is 10.2. The van der Waals surface area contributed by atoms with Crippen LogP contribution in [-0.4, -0.2) is 34.6 Å². The lowest BCUT2D eigenvalue weighted by Crippen LogP contribution is -2.49. The first-order chi connectivity index (χ1) is 11.5. The summed E-state index contributed by atoms with van der Waals surface area (Å²) in [4.78, 5) is 0. The number of aliphatic hydroxyl groups is 1. The van der Waals surface area contributed by atoms with E-state index >= 15 is 0 Å². The van der Waals surface area contributed by atoms with Gasteiger partial charge in [-0.3, -0.25) is 0 Å². The van der Waals surface area contributed by atoms with Crippen molar-refractivity contribution in [1.82, 2.24) is 5.06 Å². The van der Waals surface area contributed by atoms with E-state index in [9.17, 15) is 5.21 Å². The van der Waals surface area contributed by atoms with Gasteiger partial charge in [-0.15, -0.1) is 10.3 Å². The zero-order valence-corrected chi connectivity index (χ0v) is 16.3. The molecule has 4 heteroatoms. The van der Waals surface area contributed by atoms with Gasteiger partial charge in [-0.25, -0.2) is 0 Å². The highest BCUT2D eigenvalue weighted by Crippen LogP contribution is 2.40. The number of hydrogen-bond donors (Lipinski definition) is 1. The van der Waals surface area contributed by atoms with Gasteiger partial charge in [0, 0.05) is 6.61 Å². The lowest BCUT2D eigenvalue weighted by atomic mass is 9.96. The van der Waals surface area contributed by atoms with Crippen molar-refractivity contribution < 1.29 is 15.1 Å². The normalized spacial score (nSPS) is 23.9. The maximum Gasteiger partial charge on any atom is 0.147 e. The summed E-state index contributed by atoms with van der Waals surface area (Å²) in [6, 6.07) is 0.